The number of ether oxygens (including phenoxy) is 1. The molecule has 2 aromatic heterocycles. The molecule has 33 heavy (non-hydrogen) atoms. The van der Waals surface area contributed by atoms with Crippen molar-refractivity contribution in [3.05, 3.63) is 59.9 Å². The van der Waals surface area contributed by atoms with Crippen LogP contribution in [0.1, 0.15) is 42.8 Å². The molecular formula is C24H31N7O2. The van der Waals surface area contributed by atoms with E-state index in [1.807, 2.05) is 54.6 Å². The Labute approximate surface area is 193 Å². The van der Waals surface area contributed by atoms with Crippen LogP contribution in [-0.2, 0) is 38.1 Å². The molecule has 4 heterocycles. The van der Waals surface area contributed by atoms with E-state index in [1.54, 1.807) is 0 Å². The van der Waals surface area contributed by atoms with Crippen molar-refractivity contribution in [3.63, 3.8) is 0 Å². The molecule has 2 bridgehead atoms. The van der Waals surface area contributed by atoms with Crippen LogP contribution in [0.2, 0.25) is 0 Å². The summed E-state index contributed by atoms with van der Waals surface area (Å²) in [4.78, 5) is 20.4. The number of fused-ring (bicyclic) bond motifs is 3. The van der Waals surface area contributed by atoms with E-state index >= 15 is 0 Å². The molecule has 3 aromatic rings. The molecule has 0 atom stereocenters. The number of para-hydroxylation sites is 1. The third-order valence-corrected chi connectivity index (χ3v) is 7.00. The average molecular weight is 450 g/mol. The van der Waals surface area contributed by atoms with Crippen LogP contribution in [-0.4, -0.2) is 48.4 Å². The summed E-state index contributed by atoms with van der Waals surface area (Å²) in [5.41, 5.74) is 1.41. The van der Waals surface area contributed by atoms with E-state index in [2.05, 4.69) is 30.1 Å². The number of carbonyl (C=O) groups is 1. The minimum atomic E-state index is -0.374. The summed E-state index contributed by atoms with van der Waals surface area (Å²) in [5.74, 6) is 1.97. The summed E-state index contributed by atoms with van der Waals surface area (Å²) in [6, 6.07) is 7.85. The Kier molecular flexibility index (Phi) is 6.13. The number of carbonyl (C=O) groups excluding carboxylic acids is 1. The fourth-order valence-electron chi connectivity index (χ4n) is 4.88. The van der Waals surface area contributed by atoms with Gasteiger partial charge in [-0.25, -0.2) is 4.98 Å². The van der Waals surface area contributed by atoms with E-state index in [4.69, 9.17) is 4.74 Å². The lowest BCUT2D eigenvalue weighted by atomic mass is 9.73. The van der Waals surface area contributed by atoms with Crippen molar-refractivity contribution in [3.8, 4) is 5.75 Å². The maximum atomic E-state index is 13.6. The van der Waals surface area contributed by atoms with Gasteiger partial charge in [-0.3, -0.25) is 14.4 Å². The Bertz CT molecular complexity index is 1100. The third-order valence-electron chi connectivity index (χ3n) is 7.00. The highest BCUT2D eigenvalue weighted by atomic mass is 16.5. The Balaban J connectivity index is 1.33. The highest BCUT2D eigenvalue weighted by Crippen LogP contribution is 2.37. The number of likely N-dealkylation sites (tertiary alicyclic amines) is 1. The lowest BCUT2D eigenvalue weighted by molar-refractivity contribution is -0.135. The van der Waals surface area contributed by atoms with E-state index in [0.29, 0.717) is 13.2 Å². The zero-order valence-electron chi connectivity index (χ0n) is 19.1. The van der Waals surface area contributed by atoms with Gasteiger partial charge in [0.1, 0.15) is 23.9 Å². The van der Waals surface area contributed by atoms with E-state index in [9.17, 15) is 4.79 Å². The summed E-state index contributed by atoms with van der Waals surface area (Å²) in [6.45, 7) is 4.14. The van der Waals surface area contributed by atoms with Gasteiger partial charge in [-0.15, -0.1) is 5.10 Å². The number of aryl methyl sites for hydroxylation is 2. The number of hydrogen-bond donors (Lipinski definition) is 1. The normalized spacial score (nSPS) is 19.4. The van der Waals surface area contributed by atoms with Crippen molar-refractivity contribution in [2.75, 3.05) is 13.1 Å². The van der Waals surface area contributed by atoms with E-state index < -0.39 is 0 Å². The molecule has 0 saturated carbocycles. The number of benzene rings is 1. The first kappa shape index (κ1) is 21.6. The molecule has 0 unspecified atom stereocenters. The topological polar surface area (TPSA) is 90.1 Å². The monoisotopic (exact) mass is 449 g/mol. The zero-order chi connectivity index (χ0) is 22.7. The second kappa shape index (κ2) is 9.35. The number of rotatable bonds is 2. The standard InChI is InChI=1S/C24H31N7O2/c1-29-14-10-25-22(29)17-30-12-8-24(9-13-30)7-4-11-31-16-20(27-28-31)18-33-21-6-3-2-5-19(21)15-26-23(24)32/h2-3,5-6,10,14,16H,4,7-9,11-13,15,17-18H2,1H3,(H,26,32). The van der Waals surface area contributed by atoms with Crippen LogP contribution in [0.4, 0.5) is 0 Å². The van der Waals surface area contributed by atoms with Crippen molar-refractivity contribution in [2.24, 2.45) is 12.5 Å². The third kappa shape index (κ3) is 4.78. The lowest BCUT2D eigenvalue weighted by Gasteiger charge is -2.40. The second-order valence-corrected chi connectivity index (χ2v) is 9.17. The van der Waals surface area contributed by atoms with Crippen LogP contribution < -0.4 is 10.1 Å². The largest absolute Gasteiger partial charge is 0.487 e. The number of piperidine rings is 1. The van der Waals surface area contributed by atoms with Crippen molar-refractivity contribution in [1.82, 2.24) is 34.8 Å². The van der Waals surface area contributed by atoms with Gasteiger partial charge in [-0.05, 0) is 44.8 Å². The molecule has 5 rings (SSSR count). The number of hydrogen-bond acceptors (Lipinski definition) is 6. The maximum Gasteiger partial charge on any atom is 0.226 e. The number of nitrogens with one attached hydrogen (secondary N) is 1. The molecule has 1 amide bonds. The first-order valence-corrected chi connectivity index (χ1v) is 11.7. The van der Waals surface area contributed by atoms with E-state index in [-0.39, 0.29) is 11.3 Å². The van der Waals surface area contributed by atoms with Gasteiger partial charge < -0.3 is 14.6 Å². The first-order valence-electron chi connectivity index (χ1n) is 11.7. The SMILES string of the molecule is Cn1ccnc1CN1CCC2(CCCn3cc(nn3)COc3ccccc3CNC2=O)CC1. The highest BCUT2D eigenvalue weighted by molar-refractivity contribution is 5.82. The fourth-order valence-corrected chi connectivity index (χ4v) is 4.88. The number of amides is 1. The van der Waals surface area contributed by atoms with E-state index in [1.165, 1.54) is 0 Å². The average Bonchev–Trinajstić information content (AvgIpc) is 3.46. The molecule has 1 N–H and O–H groups in total. The molecule has 1 spiro atoms. The van der Waals surface area contributed by atoms with Gasteiger partial charge in [-0.1, -0.05) is 23.4 Å². The van der Waals surface area contributed by atoms with Gasteiger partial charge in [0.25, 0.3) is 0 Å². The molecule has 9 nitrogen and oxygen atoms in total. The number of aromatic nitrogens is 5. The Morgan fingerprint density at radius 2 is 2.00 bits per heavy atom. The van der Waals surface area contributed by atoms with Crippen molar-refractivity contribution >= 4 is 5.91 Å². The molecule has 1 fully saturated rings. The van der Waals surface area contributed by atoms with Crippen molar-refractivity contribution < 1.29 is 9.53 Å². The Hall–Kier alpha value is -3.20. The summed E-state index contributed by atoms with van der Waals surface area (Å²) in [5, 5.41) is 11.7. The van der Waals surface area contributed by atoms with Gasteiger partial charge >= 0.3 is 0 Å². The van der Waals surface area contributed by atoms with Crippen LogP contribution in [0.15, 0.2) is 42.9 Å². The smallest absolute Gasteiger partial charge is 0.226 e. The molecule has 0 radical (unpaired) electrons. The molecule has 174 valence electrons. The molecule has 1 aromatic carbocycles. The van der Waals surface area contributed by atoms with Gasteiger partial charge in [0.05, 0.1) is 18.2 Å². The number of imidazole rings is 1. The quantitative estimate of drug-likeness (QED) is 0.646. The van der Waals surface area contributed by atoms with Crippen molar-refractivity contribution in [2.45, 2.75) is 51.9 Å². The summed E-state index contributed by atoms with van der Waals surface area (Å²) in [6.07, 6.45) is 9.14. The highest BCUT2D eigenvalue weighted by Gasteiger charge is 2.41. The van der Waals surface area contributed by atoms with Crippen LogP contribution >= 0.6 is 0 Å². The minimum Gasteiger partial charge on any atom is -0.487 e. The predicted octanol–water partition coefficient (Wildman–Crippen LogP) is 2.28. The van der Waals surface area contributed by atoms with Crippen LogP contribution in [0, 0.1) is 5.41 Å². The van der Waals surface area contributed by atoms with Crippen molar-refractivity contribution in [1.29, 1.82) is 0 Å². The molecule has 9 heteroatoms. The van der Waals surface area contributed by atoms with Gasteiger partial charge in [0.2, 0.25) is 5.91 Å². The molecule has 1 saturated heterocycles. The fraction of sp³-hybridized carbons (Fsp3) is 0.500. The van der Waals surface area contributed by atoms with Gasteiger partial charge in [-0.2, -0.15) is 0 Å². The molecule has 0 aliphatic carbocycles. The zero-order valence-corrected chi connectivity index (χ0v) is 19.1. The van der Waals surface area contributed by atoms with Crippen LogP contribution in [0.25, 0.3) is 0 Å². The first-order chi connectivity index (χ1) is 16.1. The Morgan fingerprint density at radius 3 is 2.82 bits per heavy atom. The van der Waals surface area contributed by atoms with E-state index in [0.717, 1.165) is 74.7 Å². The maximum absolute atomic E-state index is 13.6. The summed E-state index contributed by atoms with van der Waals surface area (Å²) in [7, 11) is 2.02. The Morgan fingerprint density at radius 1 is 1.15 bits per heavy atom. The van der Waals surface area contributed by atoms with Crippen LogP contribution in [0.3, 0.4) is 0 Å². The van der Waals surface area contributed by atoms with Gasteiger partial charge in [0.15, 0.2) is 0 Å². The molecule has 2 aliphatic rings. The number of nitrogens with zero attached hydrogens (tertiary/aromatic N) is 6. The molecule has 2 aliphatic heterocycles. The van der Waals surface area contributed by atoms with Gasteiger partial charge in [0, 0.05) is 38.1 Å². The minimum absolute atomic E-state index is 0.144. The lowest BCUT2D eigenvalue weighted by Crippen LogP contribution is -2.48. The summed E-state index contributed by atoms with van der Waals surface area (Å²) < 4.78 is 9.91. The predicted molar refractivity (Wildman–Crippen MR) is 122 cm³/mol. The summed E-state index contributed by atoms with van der Waals surface area (Å²) >= 11 is 0. The molecular weight excluding hydrogens is 418 g/mol. The second-order valence-electron chi connectivity index (χ2n) is 9.17. The van der Waals surface area contributed by atoms with Crippen LogP contribution in [0.5, 0.6) is 5.75 Å².